The number of ketones is 3. The first kappa shape index (κ1) is 75.1. The SMILES string of the molecule is CCCN(C)C(=O)c1nc(N)c2c(n1)N(Cc1ccc(CN3CCCC3)cc1)C(=O)C(=O)C2.COCCOc1nc(N)c2c(n1)N(Cc1ccc(-c3cccc(CN4CCCC4)c3)cc1)C(=O)C(=O)C2.COCCOc1nc(N)c2c(n1)N(Cc1ccc(-c3cccc(CN4CCCC4)c3)cc1)CC(=O)C2. The van der Waals surface area contributed by atoms with E-state index in [1.165, 1.54) is 94.1 Å². The van der Waals surface area contributed by atoms with E-state index in [2.05, 4.69) is 117 Å². The summed E-state index contributed by atoms with van der Waals surface area (Å²) >= 11 is 0. The third-order valence-corrected chi connectivity index (χ3v) is 19.7. The Kier molecular flexibility index (Phi) is 25.1. The monoisotopic (exact) mass is 1440 g/mol. The van der Waals surface area contributed by atoms with Crippen LogP contribution in [0.15, 0.2) is 121 Å². The van der Waals surface area contributed by atoms with Crippen LogP contribution >= 0.6 is 0 Å². The number of nitrogens with zero attached hydrogens (tertiary/aromatic N) is 13. The predicted molar refractivity (Wildman–Crippen MR) is 405 cm³/mol. The van der Waals surface area contributed by atoms with E-state index in [4.69, 9.17) is 36.1 Å². The lowest BCUT2D eigenvalue weighted by atomic mass is 10.0. The second-order valence-electron chi connectivity index (χ2n) is 27.6. The Morgan fingerprint density at radius 3 is 1.29 bits per heavy atom. The van der Waals surface area contributed by atoms with Gasteiger partial charge >= 0.3 is 12.0 Å². The largest absolute Gasteiger partial charge is 0.461 e. The lowest BCUT2D eigenvalue weighted by Crippen LogP contribution is -2.43. The number of methoxy groups -OCH3 is 2. The minimum absolute atomic E-state index is 0.0459. The Morgan fingerprint density at radius 1 is 0.443 bits per heavy atom. The summed E-state index contributed by atoms with van der Waals surface area (Å²) in [5.41, 5.74) is 31.2. The van der Waals surface area contributed by atoms with Crippen LogP contribution in [0.5, 0.6) is 12.0 Å². The molecule has 0 saturated carbocycles. The number of anilines is 6. The molecular formula is C80H94N16O10. The molecule has 6 aliphatic rings. The Labute approximate surface area is 618 Å². The molecule has 0 spiro atoms. The lowest BCUT2D eigenvalue weighted by Gasteiger charge is -2.30. The summed E-state index contributed by atoms with van der Waals surface area (Å²) in [5.74, 6) is -1.04. The van der Waals surface area contributed by atoms with Gasteiger partial charge in [-0.05, 0) is 152 Å². The van der Waals surface area contributed by atoms with Crippen molar-refractivity contribution in [2.75, 3.05) is 132 Å². The molecule has 26 nitrogen and oxygen atoms in total. The molecule has 3 saturated heterocycles. The molecule has 0 bridgehead atoms. The predicted octanol–water partition coefficient (Wildman–Crippen LogP) is 8.28. The molecule has 14 rings (SSSR count). The average Bonchev–Trinajstić information content (AvgIpc) is 0.815. The molecule has 8 aromatic rings. The van der Waals surface area contributed by atoms with Crippen LogP contribution in [0.2, 0.25) is 0 Å². The molecule has 26 heteroatoms. The molecule has 6 N–H and O–H groups in total. The summed E-state index contributed by atoms with van der Waals surface area (Å²) in [7, 11) is 4.84. The molecule has 0 radical (unpaired) electrons. The van der Waals surface area contributed by atoms with Crippen LogP contribution in [-0.2, 0) is 92.0 Å². The molecule has 0 aliphatic carbocycles. The number of nitrogen functional groups attached to an aromatic ring is 3. The number of carbonyl (C=O) groups is 6. The summed E-state index contributed by atoms with van der Waals surface area (Å²) in [6.45, 7) is 14.9. The molecule has 0 atom stereocenters. The standard InChI is InChI=1S/C28H31N5O4.C28H33N5O3.C24H30N6O3/c1-36-13-14-37-28-30-25(29)23-16-24(34)27(35)33(26(23)31-28)18-19-7-9-21(10-8-19)22-6-4-5-20(15-22)17-32-11-2-3-12-32;1-35-13-14-36-28-30-26(29)25-16-24(34)19-33(27(25)31-28)18-20-7-9-22(10-8-20)23-6-4-5-21(15-23)17-32-11-2-3-12-32;1-3-10-28(2)24(33)21-26-20(25)18-13-19(31)23(32)30(22(18)27-21)15-17-8-6-16(7-9-17)14-29-11-4-5-12-29/h4-10,15H,2-3,11-14,16-18H2,1H3,(H2,29,30,31);4-10,15H,2-3,11-14,16-19H2,1H3,(H2,29,30,31);6-9H,3-5,10-15H2,1-2H3,(H2,25,26,27). The number of aromatic nitrogens is 6. The fourth-order valence-corrected chi connectivity index (χ4v) is 14.1. The van der Waals surface area contributed by atoms with Crippen molar-refractivity contribution in [3.8, 4) is 34.3 Å². The smallest absolute Gasteiger partial charge is 0.320 e. The van der Waals surface area contributed by atoms with E-state index in [9.17, 15) is 28.8 Å². The second kappa shape index (κ2) is 35.4. The average molecular weight is 1440 g/mol. The van der Waals surface area contributed by atoms with Crippen LogP contribution in [-0.4, -0.2) is 185 Å². The van der Waals surface area contributed by atoms with Crippen LogP contribution in [0.3, 0.4) is 0 Å². The van der Waals surface area contributed by atoms with Crippen LogP contribution in [0.25, 0.3) is 22.3 Å². The summed E-state index contributed by atoms with van der Waals surface area (Å²) in [4.78, 5) is 115. The van der Waals surface area contributed by atoms with E-state index < -0.39 is 23.4 Å². The number of amides is 3. The van der Waals surface area contributed by atoms with Crippen LogP contribution < -0.4 is 41.4 Å². The molecule has 9 heterocycles. The second-order valence-corrected chi connectivity index (χ2v) is 27.6. The molecule has 3 fully saturated rings. The molecule has 6 aliphatic heterocycles. The number of rotatable bonds is 25. The van der Waals surface area contributed by atoms with Gasteiger partial charge in [-0.25, -0.2) is 9.97 Å². The number of Topliss-reactive ketones (excluding diaryl/α,β-unsaturated/α-hetero) is 3. The topological polar surface area (TPSA) is 317 Å². The zero-order valence-electron chi connectivity index (χ0n) is 61.0. The van der Waals surface area contributed by atoms with Gasteiger partial charge in [0.15, 0.2) is 5.78 Å². The van der Waals surface area contributed by atoms with E-state index in [-0.39, 0.29) is 98.3 Å². The fraction of sp³-hybridized carbons (Fsp3) is 0.400. The van der Waals surface area contributed by atoms with Gasteiger partial charge in [-0.2, -0.15) is 19.9 Å². The maximum atomic E-state index is 12.9. The normalized spacial score (nSPS) is 15.9. The molecule has 3 aromatic heterocycles. The van der Waals surface area contributed by atoms with E-state index >= 15 is 0 Å². The Balaban J connectivity index is 0.000000149. The lowest BCUT2D eigenvalue weighted by molar-refractivity contribution is -0.136. The fourth-order valence-electron chi connectivity index (χ4n) is 14.1. The van der Waals surface area contributed by atoms with E-state index in [1.807, 2.05) is 60.4 Å². The molecule has 3 amide bonds. The molecule has 5 aromatic carbocycles. The number of nitrogens with two attached hydrogens (primary N) is 3. The van der Waals surface area contributed by atoms with E-state index in [0.29, 0.717) is 61.2 Å². The van der Waals surface area contributed by atoms with Crippen molar-refractivity contribution in [2.24, 2.45) is 0 Å². The Bertz CT molecular complexity index is 4450. The summed E-state index contributed by atoms with van der Waals surface area (Å²) in [6, 6.07) is 42.2. The van der Waals surface area contributed by atoms with E-state index in [0.717, 1.165) is 80.1 Å². The number of carbonyl (C=O) groups excluding carboxylic acids is 6. The van der Waals surface area contributed by atoms with Crippen LogP contribution in [0.1, 0.15) is 113 Å². The first-order valence-corrected chi connectivity index (χ1v) is 36.5. The van der Waals surface area contributed by atoms with Crippen molar-refractivity contribution in [3.63, 3.8) is 0 Å². The zero-order valence-corrected chi connectivity index (χ0v) is 61.0. The van der Waals surface area contributed by atoms with Crippen molar-refractivity contribution in [2.45, 2.75) is 110 Å². The first-order chi connectivity index (χ1) is 51.5. The van der Waals surface area contributed by atoms with E-state index in [1.54, 1.807) is 21.3 Å². The highest BCUT2D eigenvalue weighted by Crippen LogP contribution is 2.35. The molecular weight excluding hydrogens is 1340 g/mol. The number of likely N-dealkylation sites (tertiary alicyclic amines) is 3. The van der Waals surface area contributed by atoms with Gasteiger partial charge in [0.05, 0.1) is 32.8 Å². The number of ether oxygens (including phenoxy) is 4. The van der Waals surface area contributed by atoms with Gasteiger partial charge in [0.1, 0.15) is 48.1 Å². The number of benzene rings is 5. The quantitative estimate of drug-likeness (QED) is 0.0358. The Morgan fingerprint density at radius 2 is 0.840 bits per heavy atom. The van der Waals surface area contributed by atoms with Crippen molar-refractivity contribution < 1.29 is 47.7 Å². The molecule has 0 unspecified atom stereocenters. The van der Waals surface area contributed by atoms with Gasteiger partial charge in [-0.3, -0.25) is 53.3 Å². The van der Waals surface area contributed by atoms with Gasteiger partial charge in [-0.15, -0.1) is 0 Å². The summed E-state index contributed by atoms with van der Waals surface area (Å²) in [5, 5.41) is 0. The minimum atomic E-state index is -0.651. The van der Waals surface area contributed by atoms with Gasteiger partial charge in [0, 0.05) is 89.9 Å². The number of hydrogen-bond donors (Lipinski definition) is 3. The van der Waals surface area contributed by atoms with Crippen molar-refractivity contribution in [1.82, 2.24) is 49.5 Å². The van der Waals surface area contributed by atoms with Gasteiger partial charge in [-0.1, -0.05) is 116 Å². The van der Waals surface area contributed by atoms with Crippen molar-refractivity contribution >= 4 is 70.0 Å². The molecule has 554 valence electrons. The summed E-state index contributed by atoms with van der Waals surface area (Å²) in [6.07, 6.45) is 8.38. The van der Waals surface area contributed by atoms with Crippen LogP contribution in [0.4, 0.5) is 34.9 Å². The zero-order chi connectivity index (χ0) is 74.2. The third-order valence-electron chi connectivity index (χ3n) is 19.7. The molecule has 106 heavy (non-hydrogen) atoms. The highest BCUT2D eigenvalue weighted by atomic mass is 16.5. The Hall–Kier alpha value is -10.6. The van der Waals surface area contributed by atoms with Crippen molar-refractivity contribution in [1.29, 1.82) is 0 Å². The van der Waals surface area contributed by atoms with Gasteiger partial charge < -0.3 is 45.9 Å². The highest BCUT2D eigenvalue weighted by Gasteiger charge is 2.38. The number of hydrogen-bond acceptors (Lipinski definition) is 23. The number of fused-ring (bicyclic) bond motifs is 3. The van der Waals surface area contributed by atoms with Gasteiger partial charge in [0.25, 0.3) is 17.7 Å². The maximum absolute atomic E-state index is 12.9. The first-order valence-electron chi connectivity index (χ1n) is 36.5. The van der Waals surface area contributed by atoms with Crippen molar-refractivity contribution in [3.05, 3.63) is 177 Å². The highest BCUT2D eigenvalue weighted by molar-refractivity contribution is 6.44. The van der Waals surface area contributed by atoms with Crippen LogP contribution in [0, 0.1) is 0 Å². The minimum Gasteiger partial charge on any atom is -0.461 e. The third kappa shape index (κ3) is 18.9. The maximum Gasteiger partial charge on any atom is 0.320 e. The summed E-state index contributed by atoms with van der Waals surface area (Å²) < 4.78 is 21.1. The van der Waals surface area contributed by atoms with Gasteiger partial charge in [0.2, 0.25) is 17.4 Å².